The van der Waals surface area contributed by atoms with Gasteiger partial charge in [0.1, 0.15) is 18.3 Å². The summed E-state index contributed by atoms with van der Waals surface area (Å²) in [4.78, 5) is 31.1. The van der Waals surface area contributed by atoms with Crippen molar-refractivity contribution in [3.8, 4) is 5.75 Å². The predicted molar refractivity (Wildman–Crippen MR) is 189 cm³/mol. The number of thioether (sulfide) groups is 1. The number of amides is 2. The Hall–Kier alpha value is -4.28. The summed E-state index contributed by atoms with van der Waals surface area (Å²) in [5, 5.41) is 3.06. The second-order valence-corrected chi connectivity index (χ2v) is 13.9. The van der Waals surface area contributed by atoms with Gasteiger partial charge in [-0.15, -0.1) is 11.8 Å². The molecule has 10 heteroatoms. The van der Waals surface area contributed by atoms with E-state index in [2.05, 4.69) is 5.32 Å². The quantitative estimate of drug-likeness (QED) is 0.136. The van der Waals surface area contributed by atoms with E-state index >= 15 is 0 Å². The van der Waals surface area contributed by atoms with Crippen molar-refractivity contribution in [1.82, 2.24) is 10.2 Å². The Morgan fingerprint density at radius 1 is 0.830 bits per heavy atom. The van der Waals surface area contributed by atoms with Crippen LogP contribution in [0.4, 0.5) is 5.69 Å². The SMILES string of the molecule is CCOc1ccccc1N(CC(=O)N(Cc1ccccc1)[C@@H](Cc1ccccc1)C(=O)N[C@H](C)CC)S(=O)(=O)c1ccc(SC)cc1. The van der Waals surface area contributed by atoms with Crippen molar-refractivity contribution < 1.29 is 22.7 Å². The van der Waals surface area contributed by atoms with Gasteiger partial charge in [-0.05, 0) is 74.0 Å². The maximum absolute atomic E-state index is 14.7. The van der Waals surface area contributed by atoms with Gasteiger partial charge in [0.05, 0.1) is 17.2 Å². The average Bonchev–Trinajstić information content (AvgIpc) is 3.09. The van der Waals surface area contributed by atoms with Gasteiger partial charge in [0, 0.05) is 23.9 Å². The average molecular weight is 674 g/mol. The molecule has 0 aliphatic heterocycles. The van der Waals surface area contributed by atoms with E-state index < -0.39 is 28.5 Å². The van der Waals surface area contributed by atoms with Crippen LogP contribution in [0, 0.1) is 0 Å². The molecular formula is C37H43N3O5S2. The Balaban J connectivity index is 1.83. The van der Waals surface area contributed by atoms with Gasteiger partial charge in [0.2, 0.25) is 11.8 Å². The second-order valence-electron chi connectivity index (χ2n) is 11.1. The van der Waals surface area contributed by atoms with Crippen LogP contribution < -0.4 is 14.4 Å². The van der Waals surface area contributed by atoms with Gasteiger partial charge < -0.3 is 15.0 Å². The molecular weight excluding hydrogens is 631 g/mol. The molecule has 4 aromatic carbocycles. The fourth-order valence-corrected chi connectivity index (χ4v) is 6.94. The molecule has 0 radical (unpaired) electrons. The number of nitrogens with zero attached hydrogens (tertiary/aromatic N) is 2. The van der Waals surface area contributed by atoms with E-state index in [1.807, 2.05) is 87.7 Å². The summed E-state index contributed by atoms with van der Waals surface area (Å²) in [6.07, 6.45) is 2.88. The molecule has 0 aliphatic carbocycles. The van der Waals surface area contributed by atoms with Gasteiger partial charge in [-0.2, -0.15) is 0 Å². The Labute approximate surface area is 283 Å². The first kappa shape index (κ1) is 35.6. The maximum Gasteiger partial charge on any atom is 0.264 e. The minimum absolute atomic E-state index is 0.0411. The van der Waals surface area contributed by atoms with Crippen LogP contribution >= 0.6 is 11.8 Å². The lowest BCUT2D eigenvalue weighted by atomic mass is 10.0. The molecule has 2 amide bonds. The van der Waals surface area contributed by atoms with Crippen molar-refractivity contribution in [1.29, 1.82) is 0 Å². The lowest BCUT2D eigenvalue weighted by molar-refractivity contribution is -0.140. The highest BCUT2D eigenvalue weighted by Gasteiger charge is 2.35. The maximum atomic E-state index is 14.7. The Morgan fingerprint density at radius 3 is 2.02 bits per heavy atom. The van der Waals surface area contributed by atoms with E-state index in [9.17, 15) is 18.0 Å². The van der Waals surface area contributed by atoms with Crippen molar-refractivity contribution in [2.24, 2.45) is 0 Å². The third-order valence-corrected chi connectivity index (χ3v) is 10.3. The fraction of sp³-hybridized carbons (Fsp3) is 0.297. The van der Waals surface area contributed by atoms with Gasteiger partial charge >= 0.3 is 0 Å². The van der Waals surface area contributed by atoms with E-state index in [0.29, 0.717) is 18.8 Å². The highest BCUT2D eigenvalue weighted by molar-refractivity contribution is 7.98. The van der Waals surface area contributed by atoms with E-state index in [1.54, 1.807) is 48.5 Å². The van der Waals surface area contributed by atoms with Crippen LogP contribution in [0.2, 0.25) is 0 Å². The summed E-state index contributed by atoms with van der Waals surface area (Å²) in [6, 6.07) is 31.2. The molecule has 47 heavy (non-hydrogen) atoms. The molecule has 0 spiro atoms. The van der Waals surface area contributed by atoms with Gasteiger partial charge in [-0.25, -0.2) is 8.42 Å². The molecule has 0 fully saturated rings. The van der Waals surface area contributed by atoms with Gasteiger partial charge in [-0.1, -0.05) is 79.7 Å². The number of benzene rings is 4. The molecule has 8 nitrogen and oxygen atoms in total. The summed E-state index contributed by atoms with van der Waals surface area (Å²) in [7, 11) is -4.25. The summed E-state index contributed by atoms with van der Waals surface area (Å²) in [5.74, 6) is -0.494. The second kappa shape index (κ2) is 17.0. The van der Waals surface area contributed by atoms with Crippen LogP contribution in [-0.4, -0.2) is 56.6 Å². The number of para-hydroxylation sites is 2. The summed E-state index contributed by atoms with van der Waals surface area (Å²) < 4.78 is 35.7. The number of nitrogens with one attached hydrogen (secondary N) is 1. The molecule has 4 aromatic rings. The van der Waals surface area contributed by atoms with Crippen molar-refractivity contribution in [2.45, 2.75) is 62.0 Å². The molecule has 0 saturated heterocycles. The summed E-state index contributed by atoms with van der Waals surface area (Å²) in [5.41, 5.74) is 1.93. The monoisotopic (exact) mass is 673 g/mol. The van der Waals surface area contributed by atoms with Gasteiger partial charge in [-0.3, -0.25) is 13.9 Å². The Bertz CT molecular complexity index is 1700. The first-order valence-electron chi connectivity index (χ1n) is 15.7. The van der Waals surface area contributed by atoms with Crippen molar-refractivity contribution in [2.75, 3.05) is 23.7 Å². The van der Waals surface area contributed by atoms with Gasteiger partial charge in [0.25, 0.3) is 10.0 Å². The van der Waals surface area contributed by atoms with Crippen LogP contribution in [-0.2, 0) is 32.6 Å². The molecule has 0 heterocycles. The van der Waals surface area contributed by atoms with Crippen LogP contribution in [0.15, 0.2) is 119 Å². The number of rotatable bonds is 16. The highest BCUT2D eigenvalue weighted by atomic mass is 32.2. The van der Waals surface area contributed by atoms with Crippen LogP contribution in [0.3, 0.4) is 0 Å². The van der Waals surface area contributed by atoms with Crippen molar-refractivity contribution in [3.05, 3.63) is 120 Å². The zero-order chi connectivity index (χ0) is 33.8. The largest absolute Gasteiger partial charge is 0.492 e. The number of hydrogen-bond acceptors (Lipinski definition) is 6. The molecule has 0 bridgehead atoms. The normalized spacial score (nSPS) is 12.5. The van der Waals surface area contributed by atoms with E-state index in [1.165, 1.54) is 16.7 Å². The summed E-state index contributed by atoms with van der Waals surface area (Å²) in [6.45, 7) is 5.57. The van der Waals surface area contributed by atoms with Crippen LogP contribution in [0.1, 0.15) is 38.3 Å². The lowest BCUT2D eigenvalue weighted by Crippen LogP contribution is -2.54. The topological polar surface area (TPSA) is 96.0 Å². The number of sulfonamides is 1. The molecule has 248 valence electrons. The highest BCUT2D eigenvalue weighted by Crippen LogP contribution is 2.33. The molecule has 4 rings (SSSR count). The molecule has 0 unspecified atom stereocenters. The zero-order valence-electron chi connectivity index (χ0n) is 27.3. The molecule has 1 N–H and O–H groups in total. The number of carbonyl (C=O) groups excluding carboxylic acids is 2. The van der Waals surface area contributed by atoms with E-state index in [-0.39, 0.29) is 35.5 Å². The summed E-state index contributed by atoms with van der Waals surface area (Å²) >= 11 is 1.50. The van der Waals surface area contributed by atoms with Gasteiger partial charge in [0.15, 0.2) is 0 Å². The molecule has 2 atom stereocenters. The van der Waals surface area contributed by atoms with E-state index in [4.69, 9.17) is 4.74 Å². The Morgan fingerprint density at radius 2 is 1.43 bits per heavy atom. The third-order valence-electron chi connectivity index (χ3n) is 7.83. The standard InChI is InChI=1S/C37H43N3O5S2/c1-5-28(3)38-37(42)34(25-29-15-9-7-10-16-29)39(26-30-17-11-8-12-18-30)36(41)27-40(33-19-13-14-20-35(33)45-6-2)47(43,44)32-23-21-31(46-4)22-24-32/h7-24,28,34H,5-6,25-27H2,1-4H3,(H,38,42)/t28-,34+/m1/s1. The number of ether oxygens (including phenoxy) is 1. The van der Waals surface area contributed by atoms with Crippen molar-refractivity contribution in [3.63, 3.8) is 0 Å². The Kier molecular flexibility index (Phi) is 12.9. The zero-order valence-corrected chi connectivity index (χ0v) is 29.0. The minimum atomic E-state index is -4.25. The van der Waals surface area contributed by atoms with Crippen LogP contribution in [0.5, 0.6) is 5.75 Å². The molecule has 0 saturated carbocycles. The van der Waals surface area contributed by atoms with Crippen molar-refractivity contribution >= 4 is 39.3 Å². The number of hydrogen-bond donors (Lipinski definition) is 1. The smallest absolute Gasteiger partial charge is 0.264 e. The first-order valence-corrected chi connectivity index (χ1v) is 18.4. The fourth-order valence-electron chi connectivity index (χ4n) is 5.10. The number of anilines is 1. The molecule has 0 aromatic heterocycles. The molecule has 0 aliphatic rings. The number of carbonyl (C=O) groups is 2. The predicted octanol–water partition coefficient (Wildman–Crippen LogP) is 6.56. The minimum Gasteiger partial charge on any atom is -0.492 e. The lowest BCUT2D eigenvalue weighted by Gasteiger charge is -2.34. The first-order chi connectivity index (χ1) is 22.7. The van der Waals surface area contributed by atoms with E-state index in [0.717, 1.165) is 20.3 Å². The van der Waals surface area contributed by atoms with Crippen LogP contribution in [0.25, 0.3) is 0 Å². The third kappa shape index (κ3) is 9.39.